The van der Waals surface area contributed by atoms with E-state index in [1.165, 1.54) is 0 Å². The summed E-state index contributed by atoms with van der Waals surface area (Å²) in [5, 5.41) is 22.2. The van der Waals surface area contributed by atoms with E-state index in [0.717, 1.165) is 6.08 Å². The van der Waals surface area contributed by atoms with Crippen molar-refractivity contribution in [2.75, 3.05) is 52.6 Å². The van der Waals surface area contributed by atoms with Gasteiger partial charge in [-0.25, -0.2) is 0 Å². The zero-order valence-corrected chi connectivity index (χ0v) is 17.8. The van der Waals surface area contributed by atoms with Crippen LogP contribution in [0.15, 0.2) is 22.8 Å². The number of nitro groups is 2. The minimum absolute atomic E-state index is 0.311. The lowest BCUT2D eigenvalue weighted by Crippen LogP contribution is -2.51. The molecule has 0 aromatic carbocycles. The van der Waals surface area contributed by atoms with Crippen LogP contribution in [-0.2, 0) is 18.9 Å². The van der Waals surface area contributed by atoms with Gasteiger partial charge in [0, 0.05) is 51.9 Å². The van der Waals surface area contributed by atoms with E-state index < -0.39 is 32.3 Å². The van der Waals surface area contributed by atoms with Gasteiger partial charge in [-0.3, -0.25) is 20.2 Å². The predicted octanol–water partition coefficient (Wildman–Crippen LogP) is 1.47. The van der Waals surface area contributed by atoms with Crippen molar-refractivity contribution in [2.45, 2.75) is 37.3 Å². The number of nitrogens with zero attached hydrogens (tertiary/aromatic N) is 4. The molecule has 0 aliphatic carbocycles. The maximum Gasteiger partial charge on any atom is 0.344 e. The Morgan fingerprint density at radius 2 is 1.16 bits per heavy atom. The lowest BCUT2D eigenvalue weighted by molar-refractivity contribution is -0.430. The lowest BCUT2D eigenvalue weighted by Gasteiger charge is -2.45. The Labute approximate surface area is 183 Å². The molecular weight excluding hydrogens is 436 g/mol. The van der Waals surface area contributed by atoms with Crippen molar-refractivity contribution in [3.63, 3.8) is 0 Å². The minimum atomic E-state index is -0.848. The third kappa shape index (κ3) is 4.62. The van der Waals surface area contributed by atoms with Crippen molar-refractivity contribution in [1.82, 2.24) is 9.80 Å². The first kappa shape index (κ1) is 22.2. The summed E-state index contributed by atoms with van der Waals surface area (Å²) in [6, 6.07) is 0. The van der Waals surface area contributed by atoms with Crippen molar-refractivity contribution in [3.05, 3.63) is 43.0 Å². The first-order valence-corrected chi connectivity index (χ1v) is 10.7. The van der Waals surface area contributed by atoms with Crippen LogP contribution in [0.1, 0.15) is 25.7 Å². The van der Waals surface area contributed by atoms with Crippen molar-refractivity contribution < 1.29 is 28.8 Å². The van der Waals surface area contributed by atoms with E-state index >= 15 is 0 Å². The van der Waals surface area contributed by atoms with Crippen LogP contribution >= 0.6 is 11.6 Å². The van der Waals surface area contributed by atoms with Crippen molar-refractivity contribution >= 4 is 11.6 Å². The molecule has 31 heavy (non-hydrogen) atoms. The van der Waals surface area contributed by atoms with Crippen molar-refractivity contribution in [3.8, 4) is 0 Å². The molecule has 172 valence electrons. The zero-order valence-electron chi connectivity index (χ0n) is 17.0. The molecule has 4 aliphatic heterocycles. The number of allylic oxidation sites excluding steroid dienone is 1. The second-order valence-corrected chi connectivity index (χ2v) is 8.27. The Balaban J connectivity index is 1.62. The number of rotatable bonds is 5. The fourth-order valence-corrected chi connectivity index (χ4v) is 4.68. The highest BCUT2D eigenvalue weighted by molar-refractivity contribution is 6.28. The predicted molar refractivity (Wildman–Crippen MR) is 106 cm³/mol. The molecule has 0 aromatic heterocycles. The summed E-state index contributed by atoms with van der Waals surface area (Å²) in [5.41, 5.74) is -0.407. The Morgan fingerprint density at radius 3 is 1.48 bits per heavy atom. The fraction of sp³-hybridized carbons (Fsp3) is 0.778. The third-order valence-corrected chi connectivity index (χ3v) is 6.38. The van der Waals surface area contributed by atoms with Gasteiger partial charge < -0.3 is 28.7 Å². The van der Waals surface area contributed by atoms with Crippen LogP contribution in [0.25, 0.3) is 0 Å². The quantitative estimate of drug-likeness (QED) is 0.257. The summed E-state index contributed by atoms with van der Waals surface area (Å²) in [6.07, 6.45) is 2.98. The maximum atomic E-state index is 12.0. The topological polar surface area (TPSA) is 130 Å². The molecule has 0 N–H and O–H groups in total. The monoisotopic (exact) mass is 460 g/mol. The first-order chi connectivity index (χ1) is 14.8. The average molecular weight is 461 g/mol. The molecule has 0 saturated carbocycles. The molecule has 4 rings (SSSR count). The second-order valence-electron chi connectivity index (χ2n) is 7.88. The molecule has 0 unspecified atom stereocenters. The molecule has 0 bridgehead atoms. The van der Waals surface area contributed by atoms with Crippen LogP contribution in [-0.4, -0.2) is 83.8 Å². The molecule has 0 atom stereocenters. The smallest absolute Gasteiger partial charge is 0.344 e. The van der Waals surface area contributed by atoms with E-state index in [2.05, 4.69) is 0 Å². The Bertz CT molecular complexity index is 733. The normalized spacial score (nSPS) is 25.3. The van der Waals surface area contributed by atoms with E-state index in [4.69, 9.17) is 30.5 Å². The Hall–Kier alpha value is -1.99. The largest absolute Gasteiger partial charge is 0.352 e. The van der Waals surface area contributed by atoms with Crippen LogP contribution in [0, 0.1) is 20.2 Å². The van der Waals surface area contributed by atoms with E-state index in [1.807, 2.05) is 9.80 Å². The number of hydrogen-bond donors (Lipinski definition) is 0. The maximum absolute atomic E-state index is 12.0. The molecule has 4 fully saturated rings. The summed E-state index contributed by atoms with van der Waals surface area (Å²) >= 11 is 5.68. The summed E-state index contributed by atoms with van der Waals surface area (Å²) < 4.78 is 23.0. The summed E-state index contributed by atoms with van der Waals surface area (Å²) in [7, 11) is 0. The molecule has 0 amide bonds. The van der Waals surface area contributed by atoms with Gasteiger partial charge in [0.1, 0.15) is 6.08 Å². The first-order valence-electron chi connectivity index (χ1n) is 10.3. The van der Waals surface area contributed by atoms with E-state index in [0.29, 0.717) is 84.1 Å². The van der Waals surface area contributed by atoms with Crippen LogP contribution in [0.5, 0.6) is 0 Å². The second kappa shape index (κ2) is 8.87. The van der Waals surface area contributed by atoms with Gasteiger partial charge in [-0.15, -0.1) is 0 Å². The van der Waals surface area contributed by atoms with Gasteiger partial charge in [0.05, 0.1) is 36.3 Å². The molecule has 4 heterocycles. The number of ether oxygens (including phenoxy) is 4. The highest BCUT2D eigenvalue weighted by Crippen LogP contribution is 2.37. The van der Waals surface area contributed by atoms with Crippen LogP contribution in [0.2, 0.25) is 0 Å². The van der Waals surface area contributed by atoms with Crippen molar-refractivity contribution in [1.29, 1.82) is 0 Å². The molecule has 4 aliphatic rings. The van der Waals surface area contributed by atoms with E-state index in [9.17, 15) is 20.2 Å². The number of likely N-dealkylation sites (tertiary alicyclic amines) is 2. The summed E-state index contributed by atoms with van der Waals surface area (Å²) in [4.78, 5) is 25.2. The molecular formula is C18H25ClN4O8. The molecule has 0 radical (unpaired) electrons. The Kier molecular flexibility index (Phi) is 6.35. The van der Waals surface area contributed by atoms with E-state index in [1.54, 1.807) is 0 Å². The van der Waals surface area contributed by atoms with Gasteiger partial charge in [-0.1, -0.05) is 0 Å². The molecule has 4 saturated heterocycles. The van der Waals surface area contributed by atoms with Crippen LogP contribution < -0.4 is 0 Å². The highest BCUT2D eigenvalue weighted by atomic mass is 35.5. The van der Waals surface area contributed by atoms with Gasteiger partial charge in [-0.2, -0.15) is 0 Å². The standard InChI is InChI=1S/C18H25ClN4O8/c19-15(23(26)27)13-14(22(24)25)16(20-5-1-17(2-6-20)28-9-10-29-17)21-7-3-18(4-8-21)30-11-12-31-18/h13H,1-12H2. The highest BCUT2D eigenvalue weighted by Gasteiger charge is 2.45. The van der Waals surface area contributed by atoms with Gasteiger partial charge in [0.2, 0.25) is 0 Å². The molecule has 13 heteroatoms. The number of piperidine rings is 2. The van der Waals surface area contributed by atoms with Crippen molar-refractivity contribution in [2.24, 2.45) is 0 Å². The van der Waals surface area contributed by atoms with Gasteiger partial charge in [0.15, 0.2) is 17.4 Å². The average Bonchev–Trinajstić information content (AvgIpc) is 3.40. The van der Waals surface area contributed by atoms with Gasteiger partial charge in [0.25, 0.3) is 0 Å². The molecule has 2 spiro atoms. The lowest BCUT2D eigenvalue weighted by atomic mass is 10.0. The summed E-state index contributed by atoms with van der Waals surface area (Å²) in [5.74, 6) is -0.990. The summed E-state index contributed by atoms with van der Waals surface area (Å²) in [6.45, 7) is 3.90. The third-order valence-electron chi connectivity index (χ3n) is 6.13. The minimum Gasteiger partial charge on any atom is -0.352 e. The molecule has 12 nitrogen and oxygen atoms in total. The van der Waals surface area contributed by atoms with Gasteiger partial charge >= 0.3 is 10.9 Å². The van der Waals surface area contributed by atoms with Gasteiger partial charge in [-0.05, 0) is 11.6 Å². The molecule has 0 aromatic rings. The fourth-order valence-electron chi connectivity index (χ4n) is 4.58. The van der Waals surface area contributed by atoms with Crippen LogP contribution in [0.3, 0.4) is 0 Å². The SMILES string of the molecule is O=[N+]([O-])C(Cl)=CC(=C(N1CCC2(CC1)OCCO2)N1CCC2(CC1)OCCO2)[N+](=O)[O-]. The van der Waals surface area contributed by atoms with E-state index in [-0.39, 0.29) is 0 Å². The zero-order chi connectivity index (χ0) is 22.1. The Morgan fingerprint density at radius 1 is 0.774 bits per heavy atom. The number of halogens is 1. The van der Waals surface area contributed by atoms with Crippen LogP contribution in [0.4, 0.5) is 0 Å². The number of hydrogen-bond acceptors (Lipinski definition) is 10.